The smallest absolute Gasteiger partial charge is 0.234 e. The fourth-order valence-electron chi connectivity index (χ4n) is 3.29. The van der Waals surface area contributed by atoms with Gasteiger partial charge in [0.15, 0.2) is 0 Å². The summed E-state index contributed by atoms with van der Waals surface area (Å²) in [6.07, 6.45) is 3.56. The first-order valence-corrected chi connectivity index (χ1v) is 7.83. The van der Waals surface area contributed by atoms with Crippen molar-refractivity contribution in [3.8, 4) is 0 Å². The summed E-state index contributed by atoms with van der Waals surface area (Å²) in [6, 6.07) is 0.261. The number of aliphatic hydroxyl groups is 1. The average Bonchev–Trinajstić information content (AvgIpc) is 2.44. The van der Waals surface area contributed by atoms with Crippen molar-refractivity contribution in [3.63, 3.8) is 0 Å². The molecular formula is C15H28N2O3. The number of hydrogen-bond acceptors (Lipinski definition) is 4. The predicted molar refractivity (Wildman–Crippen MR) is 77.4 cm³/mol. The summed E-state index contributed by atoms with van der Waals surface area (Å²) < 4.78 is 5.33. The number of hydrogen-bond donors (Lipinski definition) is 2. The van der Waals surface area contributed by atoms with Crippen LogP contribution in [0.25, 0.3) is 0 Å². The summed E-state index contributed by atoms with van der Waals surface area (Å²) >= 11 is 0. The van der Waals surface area contributed by atoms with Gasteiger partial charge in [0.1, 0.15) is 0 Å². The van der Waals surface area contributed by atoms with Gasteiger partial charge < -0.3 is 15.2 Å². The molecule has 4 atom stereocenters. The van der Waals surface area contributed by atoms with E-state index in [1.165, 1.54) is 12.8 Å². The van der Waals surface area contributed by atoms with E-state index in [0.717, 1.165) is 13.0 Å². The highest BCUT2D eigenvalue weighted by Crippen LogP contribution is 2.29. The van der Waals surface area contributed by atoms with E-state index in [-0.39, 0.29) is 18.6 Å². The molecule has 0 aromatic heterocycles. The minimum absolute atomic E-state index is 0.0443. The Labute approximate surface area is 121 Å². The number of aliphatic hydroxyl groups excluding tert-OH is 1. The van der Waals surface area contributed by atoms with E-state index < -0.39 is 0 Å². The summed E-state index contributed by atoms with van der Waals surface area (Å²) in [5, 5.41) is 12.5. The number of ether oxygens (including phenoxy) is 1. The van der Waals surface area contributed by atoms with Gasteiger partial charge >= 0.3 is 0 Å². The van der Waals surface area contributed by atoms with Gasteiger partial charge in [-0.1, -0.05) is 26.7 Å². The highest BCUT2D eigenvalue weighted by Gasteiger charge is 2.29. The van der Waals surface area contributed by atoms with Crippen LogP contribution in [-0.4, -0.2) is 60.9 Å². The van der Waals surface area contributed by atoms with Gasteiger partial charge in [-0.3, -0.25) is 9.69 Å². The summed E-state index contributed by atoms with van der Waals surface area (Å²) in [6.45, 7) is 6.79. The van der Waals surface area contributed by atoms with Crippen LogP contribution in [0.2, 0.25) is 0 Å². The van der Waals surface area contributed by atoms with E-state index in [1.54, 1.807) is 0 Å². The summed E-state index contributed by atoms with van der Waals surface area (Å²) in [5.74, 6) is 1.31. The third-order valence-electron chi connectivity index (χ3n) is 4.96. The van der Waals surface area contributed by atoms with Crippen LogP contribution < -0.4 is 5.32 Å². The molecule has 0 bridgehead atoms. The molecule has 1 saturated heterocycles. The molecule has 0 radical (unpaired) electrons. The Morgan fingerprint density at radius 1 is 1.40 bits per heavy atom. The van der Waals surface area contributed by atoms with Crippen LogP contribution in [-0.2, 0) is 9.53 Å². The third-order valence-corrected chi connectivity index (χ3v) is 4.96. The Kier molecular flexibility index (Phi) is 5.81. The van der Waals surface area contributed by atoms with Crippen molar-refractivity contribution in [2.24, 2.45) is 11.8 Å². The van der Waals surface area contributed by atoms with Gasteiger partial charge in [0, 0.05) is 12.6 Å². The molecule has 5 heteroatoms. The first-order chi connectivity index (χ1) is 9.61. The van der Waals surface area contributed by atoms with Gasteiger partial charge in [0.2, 0.25) is 5.91 Å². The van der Waals surface area contributed by atoms with Crippen molar-refractivity contribution in [1.29, 1.82) is 0 Å². The Morgan fingerprint density at radius 2 is 2.20 bits per heavy atom. The lowest BCUT2D eigenvalue weighted by molar-refractivity contribution is -0.126. The van der Waals surface area contributed by atoms with E-state index in [9.17, 15) is 9.90 Å². The number of morpholine rings is 1. The van der Waals surface area contributed by atoms with Crippen molar-refractivity contribution in [1.82, 2.24) is 10.2 Å². The molecule has 2 rings (SSSR count). The molecule has 1 aliphatic carbocycles. The molecule has 5 nitrogen and oxygen atoms in total. The van der Waals surface area contributed by atoms with Crippen LogP contribution in [0.15, 0.2) is 0 Å². The summed E-state index contributed by atoms with van der Waals surface area (Å²) in [5.41, 5.74) is 0. The maximum Gasteiger partial charge on any atom is 0.234 e. The highest BCUT2D eigenvalue weighted by molar-refractivity contribution is 5.78. The number of carbonyl (C=O) groups is 1. The van der Waals surface area contributed by atoms with E-state index in [1.807, 2.05) is 4.90 Å². The lowest BCUT2D eigenvalue weighted by atomic mass is 9.78. The standard InChI is InChI=1S/C15H28N2O3/c1-11-4-3-5-14(12(11)2)16-15(19)8-17-6-7-20-10-13(17)9-18/h11-14,18H,3-10H2,1-2H3,(H,16,19). The minimum atomic E-state index is -0.0443. The lowest BCUT2D eigenvalue weighted by Gasteiger charge is -2.37. The fourth-order valence-corrected chi connectivity index (χ4v) is 3.29. The van der Waals surface area contributed by atoms with Crippen molar-refractivity contribution in [2.45, 2.75) is 45.2 Å². The zero-order valence-corrected chi connectivity index (χ0v) is 12.7. The molecule has 0 aromatic rings. The average molecular weight is 284 g/mol. The monoisotopic (exact) mass is 284 g/mol. The van der Waals surface area contributed by atoms with Crippen molar-refractivity contribution < 1.29 is 14.6 Å². The molecule has 1 aliphatic heterocycles. The van der Waals surface area contributed by atoms with E-state index in [0.29, 0.717) is 37.6 Å². The minimum Gasteiger partial charge on any atom is -0.395 e. The first kappa shape index (κ1) is 15.7. The SMILES string of the molecule is CC1CCCC(NC(=O)CN2CCOCC2CO)C1C. The Balaban J connectivity index is 1.82. The Morgan fingerprint density at radius 3 is 2.95 bits per heavy atom. The number of rotatable bonds is 4. The molecule has 20 heavy (non-hydrogen) atoms. The van der Waals surface area contributed by atoms with Crippen molar-refractivity contribution in [2.75, 3.05) is 32.9 Å². The van der Waals surface area contributed by atoms with Gasteiger partial charge in [-0.25, -0.2) is 0 Å². The zero-order chi connectivity index (χ0) is 14.5. The number of nitrogens with zero attached hydrogens (tertiary/aromatic N) is 1. The zero-order valence-electron chi connectivity index (χ0n) is 12.7. The molecule has 1 heterocycles. The number of amides is 1. The Bertz CT molecular complexity index is 312. The molecular weight excluding hydrogens is 256 g/mol. The van der Waals surface area contributed by atoms with Gasteiger partial charge in [0.05, 0.1) is 32.4 Å². The normalized spacial score (nSPS) is 35.8. The number of nitrogens with one attached hydrogen (secondary N) is 1. The summed E-state index contributed by atoms with van der Waals surface area (Å²) in [4.78, 5) is 14.2. The fraction of sp³-hybridized carbons (Fsp3) is 0.933. The van der Waals surface area contributed by atoms with Gasteiger partial charge in [-0.05, 0) is 18.3 Å². The second-order valence-electron chi connectivity index (χ2n) is 6.32. The molecule has 0 aromatic carbocycles. The van der Waals surface area contributed by atoms with Gasteiger partial charge in [-0.2, -0.15) is 0 Å². The predicted octanol–water partition coefficient (Wildman–Crippen LogP) is 0.620. The van der Waals surface area contributed by atoms with Crippen LogP contribution in [0.5, 0.6) is 0 Å². The first-order valence-electron chi connectivity index (χ1n) is 7.83. The van der Waals surface area contributed by atoms with Crippen molar-refractivity contribution >= 4 is 5.91 Å². The molecule has 1 amide bonds. The molecule has 0 spiro atoms. The van der Waals surface area contributed by atoms with Crippen LogP contribution in [0.3, 0.4) is 0 Å². The quantitative estimate of drug-likeness (QED) is 0.794. The molecule has 1 saturated carbocycles. The van der Waals surface area contributed by atoms with Crippen molar-refractivity contribution in [3.05, 3.63) is 0 Å². The topological polar surface area (TPSA) is 61.8 Å². The molecule has 2 N–H and O–H groups in total. The second kappa shape index (κ2) is 7.38. The van der Waals surface area contributed by atoms with Crippen LogP contribution in [0.4, 0.5) is 0 Å². The Hall–Kier alpha value is -0.650. The van der Waals surface area contributed by atoms with Crippen LogP contribution in [0.1, 0.15) is 33.1 Å². The maximum atomic E-state index is 12.2. The van der Waals surface area contributed by atoms with Crippen LogP contribution >= 0.6 is 0 Å². The molecule has 4 unspecified atom stereocenters. The lowest BCUT2D eigenvalue weighted by Crippen LogP contribution is -2.53. The second-order valence-corrected chi connectivity index (χ2v) is 6.32. The van der Waals surface area contributed by atoms with Gasteiger partial charge in [0.25, 0.3) is 0 Å². The van der Waals surface area contributed by atoms with Crippen LogP contribution in [0, 0.1) is 11.8 Å². The van der Waals surface area contributed by atoms with Gasteiger partial charge in [-0.15, -0.1) is 0 Å². The van der Waals surface area contributed by atoms with E-state index >= 15 is 0 Å². The maximum absolute atomic E-state index is 12.2. The highest BCUT2D eigenvalue weighted by atomic mass is 16.5. The van der Waals surface area contributed by atoms with E-state index in [4.69, 9.17) is 4.74 Å². The number of carbonyl (C=O) groups excluding carboxylic acids is 1. The largest absolute Gasteiger partial charge is 0.395 e. The molecule has 2 fully saturated rings. The third kappa shape index (κ3) is 3.93. The summed E-state index contributed by atoms with van der Waals surface area (Å²) in [7, 11) is 0. The molecule has 2 aliphatic rings. The van der Waals surface area contributed by atoms with E-state index in [2.05, 4.69) is 19.2 Å². The molecule has 116 valence electrons.